The van der Waals surface area contributed by atoms with E-state index < -0.39 is 17.3 Å². The van der Waals surface area contributed by atoms with Gasteiger partial charge in [0.05, 0.1) is 12.5 Å². The number of halogens is 1. The molecule has 2 atom stereocenters. The van der Waals surface area contributed by atoms with Gasteiger partial charge in [0.1, 0.15) is 0 Å². The average Bonchev–Trinajstić information content (AvgIpc) is 2.83. The molecule has 1 amide bonds. The van der Waals surface area contributed by atoms with Gasteiger partial charge in [-0.05, 0) is 36.2 Å². The van der Waals surface area contributed by atoms with Crippen molar-refractivity contribution in [1.29, 1.82) is 0 Å². The van der Waals surface area contributed by atoms with Gasteiger partial charge in [0.15, 0.2) is 0 Å². The molecular weight excluding hydrogens is 394 g/mol. The van der Waals surface area contributed by atoms with Crippen LogP contribution >= 0.6 is 15.9 Å². The Morgan fingerprint density at radius 1 is 1.23 bits per heavy atom. The zero-order valence-electron chi connectivity index (χ0n) is 15.0. The predicted octanol–water partition coefficient (Wildman–Crippen LogP) is 4.20. The van der Waals surface area contributed by atoms with E-state index in [-0.39, 0.29) is 11.5 Å². The SMILES string of the molecule is C=C(C(=O)OC)[C@@H](c1ccccc1)[C@]1(C)C(=O)N(C)c2ccc(Br)cc21. The van der Waals surface area contributed by atoms with Gasteiger partial charge in [0, 0.05) is 28.7 Å². The standard InChI is InChI=1S/C21H20BrNO3/c1-13(19(24)26-4)18(14-8-6-5-7-9-14)21(2)16-12-15(22)10-11-17(16)23(3)20(21)25/h5-12,18H,1H2,2-4H3/t18-,21+/m0/s1. The molecule has 0 aliphatic carbocycles. The lowest BCUT2D eigenvalue weighted by Gasteiger charge is -2.34. The largest absolute Gasteiger partial charge is 0.466 e. The Hall–Kier alpha value is -2.40. The number of methoxy groups -OCH3 is 1. The van der Waals surface area contributed by atoms with E-state index in [0.29, 0.717) is 0 Å². The first-order chi connectivity index (χ1) is 12.3. The Kier molecular flexibility index (Phi) is 4.76. The lowest BCUT2D eigenvalue weighted by atomic mass is 9.66. The van der Waals surface area contributed by atoms with Crippen molar-refractivity contribution in [2.24, 2.45) is 0 Å². The molecule has 5 heteroatoms. The Balaban J connectivity index is 2.27. The number of hydrogen-bond acceptors (Lipinski definition) is 3. The number of carbonyl (C=O) groups is 2. The number of likely N-dealkylation sites (N-methyl/N-ethyl adjacent to an activating group) is 1. The summed E-state index contributed by atoms with van der Waals surface area (Å²) in [6.07, 6.45) is 0. The van der Waals surface area contributed by atoms with Crippen LogP contribution in [-0.4, -0.2) is 26.0 Å². The van der Waals surface area contributed by atoms with Crippen LogP contribution in [0, 0.1) is 0 Å². The van der Waals surface area contributed by atoms with Gasteiger partial charge in [0.2, 0.25) is 5.91 Å². The molecule has 4 nitrogen and oxygen atoms in total. The lowest BCUT2D eigenvalue weighted by molar-refractivity contribution is -0.136. The number of fused-ring (bicyclic) bond motifs is 1. The van der Waals surface area contributed by atoms with Gasteiger partial charge in [0.25, 0.3) is 0 Å². The van der Waals surface area contributed by atoms with Crippen molar-refractivity contribution in [2.75, 3.05) is 19.1 Å². The first kappa shape index (κ1) is 18.4. The summed E-state index contributed by atoms with van der Waals surface area (Å²) in [6, 6.07) is 15.3. The number of rotatable bonds is 4. The fourth-order valence-electron chi connectivity index (χ4n) is 3.85. The first-order valence-electron chi connectivity index (χ1n) is 8.22. The van der Waals surface area contributed by atoms with Gasteiger partial charge in [-0.2, -0.15) is 0 Å². The van der Waals surface area contributed by atoms with Crippen molar-refractivity contribution < 1.29 is 14.3 Å². The van der Waals surface area contributed by atoms with Gasteiger partial charge in [-0.15, -0.1) is 0 Å². The minimum absolute atomic E-state index is 0.0792. The second-order valence-electron chi connectivity index (χ2n) is 6.59. The number of hydrogen-bond donors (Lipinski definition) is 0. The maximum absolute atomic E-state index is 13.3. The number of nitrogens with zero attached hydrogens (tertiary/aromatic N) is 1. The third kappa shape index (κ3) is 2.67. The molecular formula is C21H20BrNO3. The fraction of sp³-hybridized carbons (Fsp3) is 0.238. The van der Waals surface area contributed by atoms with Crippen molar-refractivity contribution in [2.45, 2.75) is 18.3 Å². The van der Waals surface area contributed by atoms with Crippen molar-refractivity contribution in [3.63, 3.8) is 0 Å². The molecule has 0 radical (unpaired) electrons. The Labute approximate surface area is 161 Å². The van der Waals surface area contributed by atoms with Crippen LogP contribution in [-0.2, 0) is 19.7 Å². The molecule has 0 saturated carbocycles. The second-order valence-corrected chi connectivity index (χ2v) is 7.50. The number of carbonyl (C=O) groups excluding carboxylic acids is 2. The molecule has 0 bridgehead atoms. The molecule has 0 unspecified atom stereocenters. The molecule has 0 spiro atoms. The molecule has 1 aliphatic rings. The molecule has 0 aromatic heterocycles. The molecule has 0 fully saturated rings. The summed E-state index contributed by atoms with van der Waals surface area (Å²) in [5.74, 6) is -1.13. The molecule has 1 aliphatic heterocycles. The van der Waals surface area contributed by atoms with Crippen LogP contribution in [0.3, 0.4) is 0 Å². The highest BCUT2D eigenvalue weighted by molar-refractivity contribution is 9.10. The summed E-state index contributed by atoms with van der Waals surface area (Å²) >= 11 is 3.50. The molecule has 134 valence electrons. The molecule has 2 aromatic carbocycles. The number of ether oxygens (including phenoxy) is 1. The highest BCUT2D eigenvalue weighted by atomic mass is 79.9. The van der Waals surface area contributed by atoms with Gasteiger partial charge in [-0.25, -0.2) is 4.79 Å². The number of anilines is 1. The quantitative estimate of drug-likeness (QED) is 0.557. The van der Waals surface area contributed by atoms with Gasteiger partial charge < -0.3 is 9.64 Å². The smallest absolute Gasteiger partial charge is 0.333 e. The van der Waals surface area contributed by atoms with Crippen LogP contribution in [0.25, 0.3) is 0 Å². The van der Waals surface area contributed by atoms with Crippen molar-refractivity contribution in [1.82, 2.24) is 0 Å². The van der Waals surface area contributed by atoms with Crippen LogP contribution < -0.4 is 4.90 Å². The number of esters is 1. The predicted molar refractivity (Wildman–Crippen MR) is 105 cm³/mol. The summed E-state index contributed by atoms with van der Waals surface area (Å²) in [7, 11) is 3.08. The van der Waals surface area contributed by atoms with Gasteiger partial charge in [-0.3, -0.25) is 4.79 Å². The maximum Gasteiger partial charge on any atom is 0.333 e. The van der Waals surface area contributed by atoms with E-state index >= 15 is 0 Å². The third-order valence-corrected chi connectivity index (χ3v) is 5.63. The monoisotopic (exact) mass is 413 g/mol. The molecule has 1 heterocycles. The van der Waals surface area contributed by atoms with E-state index in [1.165, 1.54) is 7.11 Å². The second kappa shape index (κ2) is 6.72. The minimum atomic E-state index is -0.972. The summed E-state index contributed by atoms with van der Waals surface area (Å²) in [5, 5.41) is 0. The van der Waals surface area contributed by atoms with Crippen LogP contribution in [0.2, 0.25) is 0 Å². The molecule has 26 heavy (non-hydrogen) atoms. The summed E-state index contributed by atoms with van der Waals surface area (Å²) in [6.45, 7) is 5.86. The van der Waals surface area contributed by atoms with E-state index in [2.05, 4.69) is 22.5 Å². The number of amides is 1. The lowest BCUT2D eigenvalue weighted by Crippen LogP contribution is -2.42. The topological polar surface area (TPSA) is 46.6 Å². The van der Waals surface area contributed by atoms with E-state index in [1.54, 1.807) is 11.9 Å². The molecule has 0 saturated heterocycles. The van der Waals surface area contributed by atoms with Crippen LogP contribution in [0.15, 0.2) is 65.2 Å². The third-order valence-electron chi connectivity index (χ3n) is 5.13. The summed E-state index contributed by atoms with van der Waals surface area (Å²) in [5.41, 5.74) is 1.83. The maximum atomic E-state index is 13.3. The molecule has 2 aromatic rings. The number of benzene rings is 2. The Morgan fingerprint density at radius 3 is 2.50 bits per heavy atom. The highest BCUT2D eigenvalue weighted by Gasteiger charge is 2.53. The van der Waals surface area contributed by atoms with E-state index in [4.69, 9.17) is 4.74 Å². The van der Waals surface area contributed by atoms with E-state index in [1.807, 2.05) is 55.5 Å². The van der Waals surface area contributed by atoms with E-state index in [0.717, 1.165) is 21.3 Å². The van der Waals surface area contributed by atoms with Crippen LogP contribution in [0.4, 0.5) is 5.69 Å². The highest BCUT2D eigenvalue weighted by Crippen LogP contribution is 2.52. The molecule has 3 rings (SSSR count). The van der Waals surface area contributed by atoms with Gasteiger partial charge in [-0.1, -0.05) is 52.8 Å². The van der Waals surface area contributed by atoms with Crippen molar-refractivity contribution >= 4 is 33.5 Å². The minimum Gasteiger partial charge on any atom is -0.466 e. The van der Waals surface area contributed by atoms with Crippen LogP contribution in [0.5, 0.6) is 0 Å². The average molecular weight is 414 g/mol. The Morgan fingerprint density at radius 2 is 1.88 bits per heavy atom. The fourth-order valence-corrected chi connectivity index (χ4v) is 4.21. The summed E-state index contributed by atoms with van der Waals surface area (Å²) in [4.78, 5) is 27.3. The van der Waals surface area contributed by atoms with Crippen molar-refractivity contribution in [3.05, 3.63) is 76.3 Å². The zero-order valence-corrected chi connectivity index (χ0v) is 16.5. The Bertz CT molecular complexity index is 893. The van der Waals surface area contributed by atoms with Gasteiger partial charge >= 0.3 is 5.97 Å². The first-order valence-corrected chi connectivity index (χ1v) is 9.02. The molecule has 0 N–H and O–H groups in total. The summed E-state index contributed by atoms with van der Waals surface area (Å²) < 4.78 is 5.80. The normalized spacial score (nSPS) is 19.8. The van der Waals surface area contributed by atoms with Crippen LogP contribution in [0.1, 0.15) is 24.0 Å². The van der Waals surface area contributed by atoms with E-state index in [9.17, 15) is 9.59 Å². The zero-order chi connectivity index (χ0) is 19.1. The van der Waals surface area contributed by atoms with Crippen molar-refractivity contribution in [3.8, 4) is 0 Å².